The van der Waals surface area contributed by atoms with E-state index in [0.717, 1.165) is 19.3 Å². The Labute approximate surface area is 107 Å². The first-order valence-electron chi connectivity index (χ1n) is 6.45. The fourth-order valence-corrected chi connectivity index (χ4v) is 2.78. The predicted octanol–water partition coefficient (Wildman–Crippen LogP) is 0.540. The van der Waals surface area contributed by atoms with Crippen LogP contribution >= 0.6 is 0 Å². The summed E-state index contributed by atoms with van der Waals surface area (Å²) in [4.78, 5) is 14.3. The number of amides is 1. The van der Waals surface area contributed by atoms with E-state index in [9.17, 15) is 4.79 Å². The van der Waals surface area contributed by atoms with E-state index in [4.69, 9.17) is 15.7 Å². The number of nitrogens with two attached hydrogens (primary N) is 1. The average Bonchev–Trinajstić information content (AvgIpc) is 2.37. The molecule has 0 unspecified atom stereocenters. The molecule has 1 aliphatic carbocycles. The molecule has 3 N–H and O–H groups in total. The van der Waals surface area contributed by atoms with Crippen LogP contribution in [0.15, 0.2) is 5.16 Å². The second-order valence-electron chi connectivity index (χ2n) is 5.18. The Kier molecular flexibility index (Phi) is 3.75. The van der Waals surface area contributed by atoms with Crippen molar-refractivity contribution < 1.29 is 14.7 Å². The van der Waals surface area contributed by atoms with Gasteiger partial charge in [0.15, 0.2) is 5.84 Å². The third kappa shape index (κ3) is 2.05. The van der Waals surface area contributed by atoms with Crippen LogP contribution in [0.4, 0.5) is 0 Å². The van der Waals surface area contributed by atoms with Crippen LogP contribution in [0, 0.1) is 5.41 Å². The molecule has 2 fully saturated rings. The largest absolute Gasteiger partial charge is 0.409 e. The third-order valence-electron chi connectivity index (χ3n) is 4.27. The fourth-order valence-electron chi connectivity index (χ4n) is 2.78. The number of carbonyl (C=O) groups is 1. The first-order valence-corrected chi connectivity index (χ1v) is 6.45. The molecule has 2 aliphatic rings. The molecule has 0 spiro atoms. The molecule has 0 radical (unpaired) electrons. The molecular formula is C12H21N3O3. The van der Waals surface area contributed by atoms with Crippen molar-refractivity contribution in [3.8, 4) is 0 Å². The van der Waals surface area contributed by atoms with Crippen molar-refractivity contribution >= 4 is 11.7 Å². The zero-order valence-electron chi connectivity index (χ0n) is 10.8. The van der Waals surface area contributed by atoms with E-state index in [1.807, 2.05) is 7.05 Å². The lowest BCUT2D eigenvalue weighted by atomic mass is 9.66. The summed E-state index contributed by atoms with van der Waals surface area (Å²) in [6.07, 6.45) is 4.01. The highest BCUT2D eigenvalue weighted by Gasteiger charge is 2.50. The van der Waals surface area contributed by atoms with Gasteiger partial charge in [-0.25, -0.2) is 0 Å². The van der Waals surface area contributed by atoms with E-state index in [1.54, 1.807) is 4.90 Å². The first-order chi connectivity index (χ1) is 8.62. The summed E-state index contributed by atoms with van der Waals surface area (Å²) in [5, 5.41) is 11.9. The summed E-state index contributed by atoms with van der Waals surface area (Å²) in [5.41, 5.74) is 4.95. The molecule has 1 amide bonds. The van der Waals surface area contributed by atoms with Gasteiger partial charge >= 0.3 is 0 Å². The normalized spacial score (nSPS) is 24.4. The molecule has 0 atom stereocenters. The number of rotatable bonds is 3. The number of oxime groups is 1. The molecule has 0 aromatic heterocycles. The van der Waals surface area contributed by atoms with Gasteiger partial charge in [-0.1, -0.05) is 11.6 Å². The maximum atomic E-state index is 12.6. The predicted molar refractivity (Wildman–Crippen MR) is 66.3 cm³/mol. The van der Waals surface area contributed by atoms with Gasteiger partial charge in [0.25, 0.3) is 0 Å². The fraction of sp³-hybridized carbons (Fsp3) is 0.833. The van der Waals surface area contributed by atoms with E-state index in [0.29, 0.717) is 26.1 Å². The maximum absolute atomic E-state index is 12.6. The molecule has 18 heavy (non-hydrogen) atoms. The topological polar surface area (TPSA) is 88.2 Å². The van der Waals surface area contributed by atoms with Gasteiger partial charge in [-0.05, 0) is 25.7 Å². The molecule has 0 aromatic rings. The van der Waals surface area contributed by atoms with Gasteiger partial charge in [-0.3, -0.25) is 4.79 Å². The Morgan fingerprint density at radius 2 is 2.06 bits per heavy atom. The van der Waals surface area contributed by atoms with Crippen LogP contribution in [-0.2, 0) is 9.53 Å². The van der Waals surface area contributed by atoms with Crippen molar-refractivity contribution in [2.45, 2.75) is 38.1 Å². The smallest absolute Gasteiger partial charge is 0.236 e. The van der Waals surface area contributed by atoms with Crippen LogP contribution in [-0.4, -0.2) is 48.2 Å². The van der Waals surface area contributed by atoms with Crippen LogP contribution in [0.5, 0.6) is 0 Å². The van der Waals surface area contributed by atoms with Gasteiger partial charge in [-0.2, -0.15) is 0 Å². The minimum atomic E-state index is -0.762. The van der Waals surface area contributed by atoms with Gasteiger partial charge in [0.2, 0.25) is 5.91 Å². The van der Waals surface area contributed by atoms with E-state index in [2.05, 4.69) is 5.16 Å². The molecule has 6 nitrogen and oxygen atoms in total. The molecule has 102 valence electrons. The van der Waals surface area contributed by atoms with Crippen LogP contribution in [0.1, 0.15) is 32.1 Å². The minimum absolute atomic E-state index is 0.0176. The van der Waals surface area contributed by atoms with Crippen LogP contribution in [0.25, 0.3) is 0 Å². The first kappa shape index (κ1) is 13.1. The Hall–Kier alpha value is -1.30. The quantitative estimate of drug-likeness (QED) is 0.333. The number of amidine groups is 1. The van der Waals surface area contributed by atoms with Crippen molar-refractivity contribution in [2.75, 3.05) is 20.3 Å². The standard InChI is InChI=1S/C12H21N3O3/c1-15(9-3-7-18-8-4-9)11(16)12(5-2-6-12)10(13)14-17/h9,17H,2-8H2,1H3,(H2,13,14). The lowest BCUT2D eigenvalue weighted by Gasteiger charge is -2.44. The number of nitrogens with zero attached hydrogens (tertiary/aromatic N) is 2. The molecule has 6 heteroatoms. The second-order valence-corrected chi connectivity index (χ2v) is 5.18. The van der Waals surface area contributed by atoms with Crippen molar-refractivity contribution in [3.05, 3.63) is 0 Å². The zero-order chi connectivity index (χ0) is 13.2. The Balaban J connectivity index is 2.09. The van der Waals surface area contributed by atoms with Gasteiger partial charge < -0.3 is 20.6 Å². The van der Waals surface area contributed by atoms with Gasteiger partial charge in [0, 0.05) is 26.3 Å². The Morgan fingerprint density at radius 1 is 1.44 bits per heavy atom. The van der Waals surface area contributed by atoms with Crippen molar-refractivity contribution in [1.29, 1.82) is 0 Å². The molecule has 1 saturated heterocycles. The lowest BCUT2D eigenvalue weighted by Crippen LogP contribution is -2.56. The monoisotopic (exact) mass is 255 g/mol. The molecule has 0 aromatic carbocycles. The average molecular weight is 255 g/mol. The summed E-state index contributed by atoms with van der Waals surface area (Å²) in [6.45, 7) is 1.39. The maximum Gasteiger partial charge on any atom is 0.236 e. The summed E-state index contributed by atoms with van der Waals surface area (Å²) < 4.78 is 5.30. The van der Waals surface area contributed by atoms with E-state index < -0.39 is 5.41 Å². The molecule has 0 bridgehead atoms. The summed E-state index contributed by atoms with van der Waals surface area (Å²) in [7, 11) is 1.81. The van der Waals surface area contributed by atoms with Gasteiger partial charge in [-0.15, -0.1) is 0 Å². The number of hydrogen-bond acceptors (Lipinski definition) is 4. The highest BCUT2D eigenvalue weighted by atomic mass is 16.5. The summed E-state index contributed by atoms with van der Waals surface area (Å²) in [5.74, 6) is 0.0357. The molecular weight excluding hydrogens is 234 g/mol. The van der Waals surface area contributed by atoms with Crippen molar-refractivity contribution in [2.24, 2.45) is 16.3 Å². The van der Waals surface area contributed by atoms with Crippen molar-refractivity contribution in [1.82, 2.24) is 4.90 Å². The van der Waals surface area contributed by atoms with Crippen LogP contribution in [0.3, 0.4) is 0 Å². The molecule has 1 heterocycles. The van der Waals surface area contributed by atoms with E-state index >= 15 is 0 Å². The highest BCUT2D eigenvalue weighted by Crippen LogP contribution is 2.43. The molecule has 1 aliphatic heterocycles. The third-order valence-corrected chi connectivity index (χ3v) is 4.27. The minimum Gasteiger partial charge on any atom is -0.409 e. The van der Waals surface area contributed by atoms with Crippen LogP contribution < -0.4 is 5.73 Å². The Morgan fingerprint density at radius 3 is 2.50 bits per heavy atom. The summed E-state index contributed by atoms with van der Waals surface area (Å²) in [6, 6.07) is 0.204. The summed E-state index contributed by atoms with van der Waals surface area (Å²) >= 11 is 0. The van der Waals surface area contributed by atoms with E-state index in [1.165, 1.54) is 0 Å². The van der Waals surface area contributed by atoms with Crippen LogP contribution in [0.2, 0.25) is 0 Å². The number of ether oxygens (including phenoxy) is 1. The van der Waals surface area contributed by atoms with Gasteiger partial charge in [0.05, 0.1) is 0 Å². The number of carbonyl (C=O) groups excluding carboxylic acids is 1. The molecule has 2 rings (SSSR count). The highest BCUT2D eigenvalue weighted by molar-refractivity contribution is 6.07. The Bertz CT molecular complexity index is 346. The van der Waals surface area contributed by atoms with Crippen molar-refractivity contribution in [3.63, 3.8) is 0 Å². The SMILES string of the molecule is CN(C(=O)C1(C(N)=NO)CCC1)C1CCOCC1. The number of hydrogen-bond donors (Lipinski definition) is 2. The zero-order valence-corrected chi connectivity index (χ0v) is 10.8. The second kappa shape index (κ2) is 5.14. The van der Waals surface area contributed by atoms with E-state index in [-0.39, 0.29) is 17.8 Å². The lowest BCUT2D eigenvalue weighted by molar-refractivity contribution is -0.144. The molecule has 1 saturated carbocycles. The van der Waals surface area contributed by atoms with Gasteiger partial charge in [0.1, 0.15) is 5.41 Å².